The Morgan fingerprint density at radius 1 is 1.00 bits per heavy atom. The van der Waals surface area contributed by atoms with Crippen LogP contribution in [0.1, 0.15) is 61.3 Å². The zero-order chi connectivity index (χ0) is 23.4. The molecule has 0 radical (unpaired) electrons. The van der Waals surface area contributed by atoms with Crippen molar-refractivity contribution in [3.8, 4) is 5.75 Å². The predicted molar refractivity (Wildman–Crippen MR) is 136 cm³/mol. The van der Waals surface area contributed by atoms with Gasteiger partial charge in [0.2, 0.25) is 0 Å². The van der Waals surface area contributed by atoms with E-state index in [9.17, 15) is 9.46 Å². The molecular formula is C27H42NO3P. The van der Waals surface area contributed by atoms with Gasteiger partial charge < -0.3 is 14.9 Å². The number of benzene rings is 2. The van der Waals surface area contributed by atoms with Crippen LogP contribution in [-0.2, 0) is 17.5 Å². The molecule has 2 atom stereocenters. The molecule has 2 aromatic carbocycles. The van der Waals surface area contributed by atoms with Crippen LogP contribution in [0.15, 0.2) is 42.5 Å². The summed E-state index contributed by atoms with van der Waals surface area (Å²) in [5.41, 5.74) is 5.40. The van der Waals surface area contributed by atoms with Crippen molar-refractivity contribution in [2.24, 2.45) is 5.92 Å². The third-order valence-electron chi connectivity index (χ3n) is 6.00. The summed E-state index contributed by atoms with van der Waals surface area (Å²) in [4.78, 5) is 9.31. The smallest absolute Gasteiger partial charge is 0.197 e. The molecule has 0 spiro atoms. The van der Waals surface area contributed by atoms with Crippen molar-refractivity contribution in [2.75, 3.05) is 26.0 Å². The molecule has 0 saturated heterocycles. The summed E-state index contributed by atoms with van der Waals surface area (Å²) in [6, 6.07) is 15.1. The lowest BCUT2D eigenvalue weighted by molar-refractivity contribution is 0.287. The highest BCUT2D eigenvalue weighted by atomic mass is 31.2. The van der Waals surface area contributed by atoms with Gasteiger partial charge in [-0.2, -0.15) is 0 Å². The van der Waals surface area contributed by atoms with E-state index in [1.807, 2.05) is 12.1 Å². The first-order valence-corrected chi connectivity index (χ1v) is 14.3. The SMILES string of the molecule is CCCC(CCCOc1ccc(CNCCCP(C)(=O)O)cc1)Cc1ccc(C)c(C)c1. The lowest BCUT2D eigenvalue weighted by Gasteiger charge is -2.17. The quantitative estimate of drug-likeness (QED) is 0.236. The van der Waals surface area contributed by atoms with Crippen molar-refractivity contribution in [2.45, 2.75) is 65.8 Å². The average molecular weight is 460 g/mol. The van der Waals surface area contributed by atoms with Gasteiger partial charge in [-0.15, -0.1) is 0 Å². The highest BCUT2D eigenvalue weighted by molar-refractivity contribution is 7.57. The molecule has 2 rings (SSSR count). The van der Waals surface area contributed by atoms with Gasteiger partial charge in [0.1, 0.15) is 5.75 Å². The number of ether oxygens (including phenoxy) is 1. The summed E-state index contributed by atoms with van der Waals surface area (Å²) < 4.78 is 17.3. The fraction of sp³-hybridized carbons (Fsp3) is 0.556. The first-order chi connectivity index (χ1) is 15.3. The Labute approximate surface area is 195 Å². The third-order valence-corrected chi connectivity index (χ3v) is 7.14. The normalized spacial score (nSPS) is 14.2. The van der Waals surface area contributed by atoms with E-state index in [1.54, 1.807) is 0 Å². The van der Waals surface area contributed by atoms with Gasteiger partial charge in [-0.05, 0) is 86.4 Å². The van der Waals surface area contributed by atoms with Crippen LogP contribution in [0, 0.1) is 19.8 Å². The van der Waals surface area contributed by atoms with Crippen LogP contribution in [0.25, 0.3) is 0 Å². The number of rotatable bonds is 15. The lowest BCUT2D eigenvalue weighted by Crippen LogP contribution is -2.15. The Morgan fingerprint density at radius 3 is 2.38 bits per heavy atom. The summed E-state index contributed by atoms with van der Waals surface area (Å²) in [5.74, 6) is 1.63. The highest BCUT2D eigenvalue weighted by Gasteiger charge is 2.10. The summed E-state index contributed by atoms with van der Waals surface area (Å²) in [6.45, 7) is 10.3. The number of hydrogen-bond donors (Lipinski definition) is 2. The van der Waals surface area contributed by atoms with Crippen LogP contribution in [0.5, 0.6) is 5.75 Å². The predicted octanol–water partition coefficient (Wildman–Crippen LogP) is 6.50. The van der Waals surface area contributed by atoms with E-state index in [4.69, 9.17) is 4.74 Å². The molecule has 2 aromatic rings. The van der Waals surface area contributed by atoms with Crippen LogP contribution in [-0.4, -0.2) is 30.9 Å². The van der Waals surface area contributed by atoms with Crippen LogP contribution in [0.4, 0.5) is 0 Å². The van der Waals surface area contributed by atoms with E-state index in [1.165, 1.54) is 48.2 Å². The first-order valence-electron chi connectivity index (χ1n) is 12.0. The lowest BCUT2D eigenvalue weighted by atomic mass is 9.90. The van der Waals surface area contributed by atoms with Gasteiger partial charge in [0.25, 0.3) is 0 Å². The number of aryl methyl sites for hydroxylation is 2. The summed E-state index contributed by atoms with van der Waals surface area (Å²) in [5, 5.41) is 3.32. The van der Waals surface area contributed by atoms with Crippen molar-refractivity contribution in [3.05, 3.63) is 64.7 Å². The van der Waals surface area contributed by atoms with Crippen LogP contribution >= 0.6 is 7.37 Å². The van der Waals surface area contributed by atoms with Gasteiger partial charge >= 0.3 is 0 Å². The van der Waals surface area contributed by atoms with Gasteiger partial charge in [0.15, 0.2) is 7.37 Å². The molecule has 5 heteroatoms. The molecule has 2 N–H and O–H groups in total. The van der Waals surface area contributed by atoms with Crippen molar-refractivity contribution in [1.29, 1.82) is 0 Å². The molecule has 0 heterocycles. The minimum absolute atomic E-state index is 0.372. The van der Waals surface area contributed by atoms with E-state index in [-0.39, 0.29) is 0 Å². The maximum absolute atomic E-state index is 11.3. The van der Waals surface area contributed by atoms with Crippen LogP contribution in [0.3, 0.4) is 0 Å². The van der Waals surface area contributed by atoms with Gasteiger partial charge in [0, 0.05) is 19.4 Å². The Bertz CT molecular complexity index is 844. The van der Waals surface area contributed by atoms with Crippen molar-refractivity contribution >= 4 is 7.37 Å². The van der Waals surface area contributed by atoms with Crippen molar-refractivity contribution in [1.82, 2.24) is 5.32 Å². The van der Waals surface area contributed by atoms with E-state index in [0.717, 1.165) is 38.3 Å². The maximum atomic E-state index is 11.3. The molecule has 4 nitrogen and oxygen atoms in total. The molecule has 0 fully saturated rings. The molecule has 0 amide bonds. The molecular weight excluding hydrogens is 417 g/mol. The van der Waals surface area contributed by atoms with E-state index >= 15 is 0 Å². The Balaban J connectivity index is 1.68. The Kier molecular flexibility index (Phi) is 11.5. The molecule has 0 aliphatic carbocycles. The van der Waals surface area contributed by atoms with Crippen molar-refractivity contribution in [3.63, 3.8) is 0 Å². The molecule has 0 aliphatic rings. The van der Waals surface area contributed by atoms with E-state index in [2.05, 4.69) is 56.4 Å². The minimum atomic E-state index is -2.89. The third kappa shape index (κ3) is 10.8. The molecule has 0 aliphatic heterocycles. The second-order valence-electron chi connectivity index (χ2n) is 9.22. The fourth-order valence-corrected chi connectivity index (χ4v) is 4.76. The second kappa shape index (κ2) is 13.8. The van der Waals surface area contributed by atoms with Crippen LogP contribution in [0.2, 0.25) is 0 Å². The van der Waals surface area contributed by atoms with Gasteiger partial charge in [-0.1, -0.05) is 50.1 Å². The molecule has 2 unspecified atom stereocenters. The molecule has 32 heavy (non-hydrogen) atoms. The Morgan fingerprint density at radius 2 is 1.72 bits per heavy atom. The van der Waals surface area contributed by atoms with E-state index in [0.29, 0.717) is 18.5 Å². The molecule has 0 aromatic heterocycles. The van der Waals surface area contributed by atoms with Gasteiger partial charge in [-0.3, -0.25) is 4.57 Å². The number of nitrogens with one attached hydrogen (secondary N) is 1. The van der Waals surface area contributed by atoms with E-state index < -0.39 is 7.37 Å². The van der Waals surface area contributed by atoms with Crippen LogP contribution < -0.4 is 10.1 Å². The van der Waals surface area contributed by atoms with Gasteiger partial charge in [0.05, 0.1) is 6.61 Å². The second-order valence-corrected chi connectivity index (χ2v) is 11.8. The average Bonchev–Trinajstić information content (AvgIpc) is 2.74. The zero-order valence-electron chi connectivity index (χ0n) is 20.4. The topological polar surface area (TPSA) is 58.6 Å². The molecule has 178 valence electrons. The fourth-order valence-electron chi connectivity index (χ4n) is 4.02. The first kappa shape index (κ1) is 26.6. The summed E-state index contributed by atoms with van der Waals surface area (Å²) >= 11 is 0. The molecule has 0 saturated carbocycles. The summed E-state index contributed by atoms with van der Waals surface area (Å²) in [7, 11) is -2.89. The van der Waals surface area contributed by atoms with Crippen molar-refractivity contribution < 1.29 is 14.2 Å². The minimum Gasteiger partial charge on any atom is -0.494 e. The number of hydrogen-bond acceptors (Lipinski definition) is 3. The highest BCUT2D eigenvalue weighted by Crippen LogP contribution is 2.35. The molecule has 0 bridgehead atoms. The maximum Gasteiger partial charge on any atom is 0.197 e. The zero-order valence-corrected chi connectivity index (χ0v) is 21.3. The van der Waals surface area contributed by atoms with Gasteiger partial charge in [-0.25, -0.2) is 0 Å². The largest absolute Gasteiger partial charge is 0.494 e. The Hall–Kier alpha value is -1.61. The summed E-state index contributed by atoms with van der Waals surface area (Å²) in [6.07, 6.45) is 7.01. The monoisotopic (exact) mass is 459 g/mol. The standard InChI is InChI=1S/C27H42NO3P/c1-5-8-24(20-26-11-10-22(2)23(3)19-26)9-6-17-31-27-14-12-25(13-15-27)21-28-16-7-18-32(4,29)30/h10-15,19,24,28H,5-9,16-18,20-21H2,1-4H3,(H,29,30).